The van der Waals surface area contributed by atoms with Crippen LogP contribution in [0.2, 0.25) is 0 Å². The maximum Gasteiger partial charge on any atom is 0.242 e. The number of benzene rings is 2. The Morgan fingerprint density at radius 3 is 2.26 bits per heavy atom. The molecule has 0 spiro atoms. The molecule has 0 saturated heterocycles. The quantitative estimate of drug-likeness (QED) is 0.319. The zero-order chi connectivity index (χ0) is 24.8. The lowest BCUT2D eigenvalue weighted by atomic mass is 10.1. The number of rotatable bonds is 11. The van der Waals surface area contributed by atoms with Crippen LogP contribution in [0.25, 0.3) is 0 Å². The lowest BCUT2D eigenvalue weighted by molar-refractivity contribution is -0.142. The minimum absolute atomic E-state index is 0.00784. The highest BCUT2D eigenvalue weighted by molar-refractivity contribution is 7.11. The first kappa shape index (κ1) is 25.2. The third-order valence-electron chi connectivity index (χ3n) is 6.91. The van der Waals surface area contributed by atoms with Gasteiger partial charge in [0.1, 0.15) is 0 Å². The van der Waals surface area contributed by atoms with Crippen LogP contribution in [0.5, 0.6) is 0 Å². The average molecular weight is 489 g/mol. The molecule has 4 nitrogen and oxygen atoms in total. The summed E-state index contributed by atoms with van der Waals surface area (Å²) >= 11 is 1.72. The Kier molecular flexibility index (Phi) is 8.40. The van der Waals surface area contributed by atoms with Gasteiger partial charge in [-0.25, -0.2) is 0 Å². The van der Waals surface area contributed by atoms with Crippen molar-refractivity contribution in [3.63, 3.8) is 0 Å². The van der Waals surface area contributed by atoms with E-state index >= 15 is 0 Å². The fourth-order valence-electron chi connectivity index (χ4n) is 4.57. The highest BCUT2D eigenvalue weighted by Crippen LogP contribution is 2.48. The van der Waals surface area contributed by atoms with Gasteiger partial charge in [0.25, 0.3) is 0 Å². The summed E-state index contributed by atoms with van der Waals surface area (Å²) in [7, 11) is 0. The van der Waals surface area contributed by atoms with Crippen LogP contribution in [0.15, 0.2) is 72.8 Å². The van der Waals surface area contributed by atoms with Gasteiger partial charge in [0.05, 0.1) is 13.1 Å². The Morgan fingerprint density at radius 1 is 0.943 bits per heavy atom. The van der Waals surface area contributed by atoms with Gasteiger partial charge in [0.2, 0.25) is 11.8 Å². The molecule has 0 unspecified atom stereocenters. The van der Waals surface area contributed by atoms with E-state index in [-0.39, 0.29) is 30.2 Å². The van der Waals surface area contributed by atoms with Crippen molar-refractivity contribution < 1.29 is 9.59 Å². The maximum absolute atomic E-state index is 13.7. The first-order valence-corrected chi connectivity index (χ1v) is 13.5. The number of thiophene rings is 1. The summed E-state index contributed by atoms with van der Waals surface area (Å²) < 4.78 is 0. The number of aryl methyl sites for hydroxylation is 1. The second-order valence-corrected chi connectivity index (χ2v) is 11.2. The van der Waals surface area contributed by atoms with E-state index in [1.54, 1.807) is 11.3 Å². The first-order valence-electron chi connectivity index (χ1n) is 12.6. The SMILES string of the molecule is CC[C@@H](C)CN(CC(=O)N(Cc1ccccc1)Cc1ccc(C)s1)C(=O)[C@@H]1C[C@H]1c1ccccc1. The number of nitrogens with zero attached hydrogens (tertiary/aromatic N) is 2. The number of hydrogen-bond acceptors (Lipinski definition) is 3. The molecule has 0 bridgehead atoms. The summed E-state index contributed by atoms with van der Waals surface area (Å²) in [4.78, 5) is 33.4. The van der Waals surface area contributed by atoms with Crippen molar-refractivity contribution in [2.75, 3.05) is 13.1 Å². The van der Waals surface area contributed by atoms with Gasteiger partial charge in [-0.05, 0) is 48.4 Å². The van der Waals surface area contributed by atoms with E-state index < -0.39 is 0 Å². The van der Waals surface area contributed by atoms with Gasteiger partial charge in [0.15, 0.2) is 0 Å². The number of carbonyl (C=O) groups excluding carboxylic acids is 2. The summed E-state index contributed by atoms with van der Waals surface area (Å²) in [5.41, 5.74) is 2.32. The van der Waals surface area contributed by atoms with Crippen molar-refractivity contribution >= 4 is 23.2 Å². The van der Waals surface area contributed by atoms with Crippen molar-refractivity contribution in [1.29, 1.82) is 0 Å². The van der Waals surface area contributed by atoms with Crippen LogP contribution in [-0.2, 0) is 22.7 Å². The lowest BCUT2D eigenvalue weighted by Crippen LogP contribution is -2.44. The molecule has 3 aromatic rings. The summed E-state index contributed by atoms with van der Waals surface area (Å²) in [5, 5.41) is 0. The molecule has 5 heteroatoms. The molecule has 2 amide bonds. The summed E-state index contributed by atoms with van der Waals surface area (Å²) in [6.45, 7) is 8.24. The monoisotopic (exact) mass is 488 g/mol. The van der Waals surface area contributed by atoms with Gasteiger partial charge in [-0.1, -0.05) is 80.9 Å². The van der Waals surface area contributed by atoms with E-state index in [1.165, 1.54) is 10.4 Å². The van der Waals surface area contributed by atoms with Gasteiger partial charge in [-0.2, -0.15) is 0 Å². The van der Waals surface area contributed by atoms with E-state index in [0.29, 0.717) is 25.6 Å². The molecule has 35 heavy (non-hydrogen) atoms. The van der Waals surface area contributed by atoms with Crippen LogP contribution in [0.4, 0.5) is 0 Å². The van der Waals surface area contributed by atoms with Gasteiger partial charge in [-0.3, -0.25) is 9.59 Å². The molecule has 1 saturated carbocycles. The van der Waals surface area contributed by atoms with Crippen LogP contribution in [0.3, 0.4) is 0 Å². The Hall–Kier alpha value is -2.92. The topological polar surface area (TPSA) is 40.6 Å². The van der Waals surface area contributed by atoms with Crippen molar-refractivity contribution in [1.82, 2.24) is 9.80 Å². The molecule has 3 atom stereocenters. The zero-order valence-electron chi connectivity index (χ0n) is 21.0. The van der Waals surface area contributed by atoms with Crippen molar-refractivity contribution in [2.45, 2.75) is 52.6 Å². The average Bonchev–Trinajstić information content (AvgIpc) is 3.58. The van der Waals surface area contributed by atoms with Crippen molar-refractivity contribution in [3.05, 3.63) is 93.7 Å². The smallest absolute Gasteiger partial charge is 0.242 e. The van der Waals surface area contributed by atoms with Crippen LogP contribution < -0.4 is 0 Å². The molecule has 1 aliphatic carbocycles. The van der Waals surface area contributed by atoms with Crippen LogP contribution in [-0.4, -0.2) is 34.7 Å². The predicted octanol–water partition coefficient (Wildman–Crippen LogP) is 6.26. The molecule has 1 fully saturated rings. The molecular weight excluding hydrogens is 452 g/mol. The van der Waals surface area contributed by atoms with Gasteiger partial charge < -0.3 is 9.80 Å². The van der Waals surface area contributed by atoms with E-state index in [4.69, 9.17) is 0 Å². The van der Waals surface area contributed by atoms with Gasteiger partial charge in [-0.15, -0.1) is 11.3 Å². The predicted molar refractivity (Wildman–Crippen MR) is 143 cm³/mol. The van der Waals surface area contributed by atoms with Gasteiger partial charge >= 0.3 is 0 Å². The molecule has 184 valence electrons. The maximum atomic E-state index is 13.7. The molecule has 1 heterocycles. The highest BCUT2D eigenvalue weighted by Gasteiger charge is 2.46. The Labute approximate surface area is 213 Å². The molecule has 1 aromatic heterocycles. The van der Waals surface area contributed by atoms with E-state index in [0.717, 1.165) is 23.3 Å². The Balaban J connectivity index is 1.50. The van der Waals surface area contributed by atoms with Gasteiger partial charge in [0, 0.05) is 28.8 Å². The number of amides is 2. The fraction of sp³-hybridized carbons (Fsp3) is 0.400. The van der Waals surface area contributed by atoms with Crippen LogP contribution in [0, 0.1) is 18.8 Å². The molecule has 2 aromatic carbocycles. The molecule has 4 rings (SSSR count). The minimum atomic E-state index is -0.0169. The number of carbonyl (C=O) groups is 2. The molecule has 0 aliphatic heterocycles. The van der Waals surface area contributed by atoms with Crippen LogP contribution >= 0.6 is 11.3 Å². The highest BCUT2D eigenvalue weighted by atomic mass is 32.1. The molecule has 0 radical (unpaired) electrons. The second kappa shape index (κ2) is 11.7. The van der Waals surface area contributed by atoms with Crippen molar-refractivity contribution in [2.24, 2.45) is 11.8 Å². The Bertz CT molecular complexity index is 1110. The first-order chi connectivity index (χ1) is 16.9. The van der Waals surface area contributed by atoms with E-state index in [9.17, 15) is 9.59 Å². The third kappa shape index (κ3) is 6.82. The Morgan fingerprint density at radius 2 is 1.63 bits per heavy atom. The van der Waals surface area contributed by atoms with E-state index in [2.05, 4.69) is 57.2 Å². The summed E-state index contributed by atoms with van der Waals surface area (Å²) in [5.74, 6) is 0.736. The standard InChI is InChI=1S/C30H36N2O2S/c1-4-22(2)18-32(30(34)28-17-27(28)25-13-9-6-10-14-25)21-29(33)31(19-24-11-7-5-8-12-24)20-26-16-15-23(3)35-26/h5-16,22,27-28H,4,17-21H2,1-3H3/t22-,27+,28-/m1/s1. The number of hydrogen-bond donors (Lipinski definition) is 0. The summed E-state index contributed by atoms with van der Waals surface area (Å²) in [6, 6.07) is 24.6. The van der Waals surface area contributed by atoms with E-state index in [1.807, 2.05) is 46.2 Å². The lowest BCUT2D eigenvalue weighted by Gasteiger charge is -2.29. The normalized spacial score (nSPS) is 17.6. The molecule has 0 N–H and O–H groups in total. The minimum Gasteiger partial charge on any atom is -0.333 e. The summed E-state index contributed by atoms with van der Waals surface area (Å²) in [6.07, 6.45) is 1.85. The molecule has 1 aliphatic rings. The zero-order valence-corrected chi connectivity index (χ0v) is 21.8. The van der Waals surface area contributed by atoms with Crippen LogP contribution in [0.1, 0.15) is 53.5 Å². The fourth-order valence-corrected chi connectivity index (χ4v) is 5.47. The largest absolute Gasteiger partial charge is 0.333 e. The molecular formula is C30H36N2O2S. The third-order valence-corrected chi connectivity index (χ3v) is 7.90. The van der Waals surface area contributed by atoms with Crippen molar-refractivity contribution in [3.8, 4) is 0 Å². The second-order valence-electron chi connectivity index (χ2n) is 9.84.